The Bertz CT molecular complexity index is 989. The Morgan fingerprint density at radius 1 is 0.871 bits per heavy atom. The predicted molar refractivity (Wildman–Crippen MR) is 124 cm³/mol. The molecule has 2 aliphatic rings. The summed E-state index contributed by atoms with van der Waals surface area (Å²) >= 11 is 0. The Hall–Kier alpha value is -2.38. The lowest BCUT2D eigenvalue weighted by molar-refractivity contribution is -0.120. The van der Waals surface area contributed by atoms with Gasteiger partial charge in [-0.2, -0.15) is 4.31 Å². The van der Waals surface area contributed by atoms with E-state index >= 15 is 0 Å². The van der Waals surface area contributed by atoms with Crippen LogP contribution < -0.4 is 10.2 Å². The molecule has 0 aromatic heterocycles. The van der Waals surface area contributed by atoms with Crippen molar-refractivity contribution >= 4 is 27.3 Å². The topological polar surface area (TPSA) is 69.7 Å². The Kier molecular flexibility index (Phi) is 6.62. The van der Waals surface area contributed by atoms with Gasteiger partial charge in [0.15, 0.2) is 0 Å². The summed E-state index contributed by atoms with van der Waals surface area (Å²) in [4.78, 5) is 15.4. The van der Waals surface area contributed by atoms with E-state index in [1.165, 1.54) is 29.3 Å². The third kappa shape index (κ3) is 5.10. The summed E-state index contributed by atoms with van der Waals surface area (Å²) in [6.45, 7) is 4.84. The molecule has 2 fully saturated rings. The van der Waals surface area contributed by atoms with Gasteiger partial charge in [-0.25, -0.2) is 8.42 Å². The SMILES string of the molecule is Cc1ccc(S(=O)(=O)N2CCC(C(=O)Nc3ccc(N4CCCCC4)cc3)CC2)cc1. The van der Waals surface area contributed by atoms with Crippen LogP contribution in [-0.2, 0) is 14.8 Å². The fourth-order valence-electron chi connectivity index (χ4n) is 4.37. The van der Waals surface area contributed by atoms with Gasteiger partial charge >= 0.3 is 0 Å². The van der Waals surface area contributed by atoms with Gasteiger partial charge in [-0.1, -0.05) is 17.7 Å². The molecule has 0 atom stereocenters. The average molecular weight is 442 g/mol. The van der Waals surface area contributed by atoms with Gasteiger partial charge in [0.05, 0.1) is 4.90 Å². The van der Waals surface area contributed by atoms with Crippen LogP contribution in [0.3, 0.4) is 0 Å². The first kappa shape index (κ1) is 21.8. The maximum absolute atomic E-state index is 12.8. The van der Waals surface area contributed by atoms with E-state index in [1.54, 1.807) is 12.1 Å². The number of hydrogen-bond acceptors (Lipinski definition) is 4. The summed E-state index contributed by atoms with van der Waals surface area (Å²) in [5.74, 6) is -0.204. The quantitative estimate of drug-likeness (QED) is 0.761. The minimum absolute atomic E-state index is 0.0295. The normalized spacial score (nSPS) is 18.7. The van der Waals surface area contributed by atoms with Gasteiger partial charge in [-0.05, 0) is 75.4 Å². The van der Waals surface area contributed by atoms with E-state index in [2.05, 4.69) is 22.3 Å². The Morgan fingerprint density at radius 2 is 1.48 bits per heavy atom. The molecule has 2 aromatic carbocycles. The van der Waals surface area contributed by atoms with E-state index in [4.69, 9.17) is 0 Å². The molecule has 0 bridgehead atoms. The van der Waals surface area contributed by atoms with Crippen molar-refractivity contribution in [3.63, 3.8) is 0 Å². The number of sulfonamides is 1. The number of rotatable bonds is 5. The number of amides is 1. The number of carbonyl (C=O) groups is 1. The maximum atomic E-state index is 12.8. The second kappa shape index (κ2) is 9.40. The second-order valence-electron chi connectivity index (χ2n) is 8.58. The van der Waals surface area contributed by atoms with Gasteiger partial charge < -0.3 is 10.2 Å². The summed E-state index contributed by atoms with van der Waals surface area (Å²) < 4.78 is 27.2. The van der Waals surface area contributed by atoms with Gasteiger partial charge in [0.2, 0.25) is 15.9 Å². The van der Waals surface area contributed by atoms with Crippen molar-refractivity contribution < 1.29 is 13.2 Å². The number of aryl methyl sites for hydroxylation is 1. The molecule has 7 heteroatoms. The van der Waals surface area contributed by atoms with Crippen LogP contribution in [0.15, 0.2) is 53.4 Å². The van der Waals surface area contributed by atoms with Gasteiger partial charge in [0.25, 0.3) is 0 Å². The third-order valence-electron chi connectivity index (χ3n) is 6.34. The molecule has 2 heterocycles. The molecule has 1 amide bonds. The van der Waals surface area contributed by atoms with Gasteiger partial charge in [-0.3, -0.25) is 4.79 Å². The van der Waals surface area contributed by atoms with Crippen LogP contribution >= 0.6 is 0 Å². The lowest BCUT2D eigenvalue weighted by atomic mass is 9.97. The van der Waals surface area contributed by atoms with Crippen molar-refractivity contribution in [1.82, 2.24) is 4.31 Å². The molecule has 4 rings (SSSR count). The Labute approximate surface area is 185 Å². The Morgan fingerprint density at radius 3 is 2.10 bits per heavy atom. The van der Waals surface area contributed by atoms with Crippen LogP contribution in [0, 0.1) is 12.8 Å². The molecule has 0 saturated carbocycles. The molecule has 0 aliphatic carbocycles. The molecule has 31 heavy (non-hydrogen) atoms. The van der Waals surface area contributed by atoms with Crippen LogP contribution in [0.25, 0.3) is 0 Å². The van der Waals surface area contributed by atoms with Crippen molar-refractivity contribution in [3.8, 4) is 0 Å². The third-order valence-corrected chi connectivity index (χ3v) is 8.25. The number of piperidine rings is 2. The highest BCUT2D eigenvalue weighted by Gasteiger charge is 2.32. The molecule has 2 aromatic rings. The second-order valence-corrected chi connectivity index (χ2v) is 10.5. The highest BCUT2D eigenvalue weighted by Crippen LogP contribution is 2.26. The fourth-order valence-corrected chi connectivity index (χ4v) is 5.84. The molecule has 1 N–H and O–H groups in total. The van der Waals surface area contributed by atoms with Crippen molar-refractivity contribution in [2.24, 2.45) is 5.92 Å². The first-order chi connectivity index (χ1) is 14.9. The molecule has 0 spiro atoms. The lowest BCUT2D eigenvalue weighted by Crippen LogP contribution is -2.41. The van der Waals surface area contributed by atoms with E-state index in [0.717, 1.165) is 24.3 Å². The monoisotopic (exact) mass is 441 g/mol. The molecule has 166 valence electrons. The first-order valence-corrected chi connectivity index (χ1v) is 12.6. The molecular weight excluding hydrogens is 410 g/mol. The van der Waals surface area contributed by atoms with Crippen LogP contribution in [0.2, 0.25) is 0 Å². The zero-order chi connectivity index (χ0) is 21.8. The number of carbonyl (C=O) groups excluding carboxylic acids is 1. The van der Waals surface area contributed by atoms with Crippen molar-refractivity contribution in [2.75, 3.05) is 36.4 Å². The fraction of sp³-hybridized carbons (Fsp3) is 0.458. The van der Waals surface area contributed by atoms with Gasteiger partial charge in [0, 0.05) is 43.5 Å². The van der Waals surface area contributed by atoms with Crippen LogP contribution in [0.5, 0.6) is 0 Å². The molecule has 6 nitrogen and oxygen atoms in total. The van der Waals surface area contributed by atoms with Crippen LogP contribution in [-0.4, -0.2) is 44.8 Å². The first-order valence-electron chi connectivity index (χ1n) is 11.2. The average Bonchev–Trinajstić information content (AvgIpc) is 2.80. The molecule has 2 aliphatic heterocycles. The summed E-state index contributed by atoms with van der Waals surface area (Å²) in [5, 5.41) is 3.01. The van der Waals surface area contributed by atoms with E-state index in [1.807, 2.05) is 31.2 Å². The summed E-state index contributed by atoms with van der Waals surface area (Å²) in [6.07, 6.45) is 4.83. The van der Waals surface area contributed by atoms with Gasteiger partial charge in [0.1, 0.15) is 0 Å². The van der Waals surface area contributed by atoms with E-state index in [0.29, 0.717) is 30.8 Å². The Balaban J connectivity index is 1.31. The standard InChI is InChI=1S/C24H31N3O3S/c1-19-5-11-23(12-6-19)31(29,30)27-17-13-20(14-18-27)24(28)25-21-7-9-22(10-8-21)26-15-3-2-4-16-26/h5-12,20H,2-4,13-18H2,1H3,(H,25,28). The van der Waals surface area contributed by atoms with Gasteiger partial charge in [-0.15, -0.1) is 0 Å². The van der Waals surface area contributed by atoms with Crippen molar-refractivity contribution in [3.05, 3.63) is 54.1 Å². The van der Waals surface area contributed by atoms with E-state index in [9.17, 15) is 13.2 Å². The number of hydrogen-bond donors (Lipinski definition) is 1. The zero-order valence-electron chi connectivity index (χ0n) is 18.1. The van der Waals surface area contributed by atoms with Crippen LogP contribution in [0.4, 0.5) is 11.4 Å². The molecular formula is C24H31N3O3S. The number of benzene rings is 2. The van der Waals surface area contributed by atoms with Crippen molar-refractivity contribution in [2.45, 2.75) is 43.9 Å². The minimum Gasteiger partial charge on any atom is -0.372 e. The molecule has 0 unspecified atom stereocenters. The summed E-state index contributed by atoms with van der Waals surface area (Å²) in [6, 6.07) is 15.0. The lowest BCUT2D eigenvalue weighted by Gasteiger charge is -2.30. The zero-order valence-corrected chi connectivity index (χ0v) is 18.9. The summed E-state index contributed by atoms with van der Waals surface area (Å²) in [7, 11) is -3.51. The number of nitrogens with zero attached hydrogens (tertiary/aromatic N) is 2. The van der Waals surface area contributed by atoms with E-state index in [-0.39, 0.29) is 11.8 Å². The van der Waals surface area contributed by atoms with Crippen LogP contribution in [0.1, 0.15) is 37.7 Å². The highest BCUT2D eigenvalue weighted by atomic mass is 32.2. The predicted octanol–water partition coefficient (Wildman–Crippen LogP) is 4.02. The van der Waals surface area contributed by atoms with Crippen molar-refractivity contribution in [1.29, 1.82) is 0 Å². The highest BCUT2D eigenvalue weighted by molar-refractivity contribution is 7.89. The van der Waals surface area contributed by atoms with E-state index < -0.39 is 10.0 Å². The number of nitrogens with one attached hydrogen (secondary N) is 1. The maximum Gasteiger partial charge on any atom is 0.243 e. The summed E-state index contributed by atoms with van der Waals surface area (Å²) in [5.41, 5.74) is 3.02. The minimum atomic E-state index is -3.51. The molecule has 2 saturated heterocycles. The number of anilines is 2. The largest absolute Gasteiger partial charge is 0.372 e. The molecule has 0 radical (unpaired) electrons. The smallest absolute Gasteiger partial charge is 0.243 e.